The predicted octanol–water partition coefficient (Wildman–Crippen LogP) is 3.15. The lowest BCUT2D eigenvalue weighted by Gasteiger charge is -2.08. The van der Waals surface area contributed by atoms with Gasteiger partial charge in [0.05, 0.1) is 14.7 Å². The van der Waals surface area contributed by atoms with Crippen molar-refractivity contribution in [2.24, 2.45) is 5.14 Å². The average molecular weight is 352 g/mol. The van der Waals surface area contributed by atoms with Crippen molar-refractivity contribution in [3.8, 4) is 0 Å². The minimum Gasteiger partial charge on any atom is -0.258 e. The topological polar surface area (TPSA) is 103 Å². The van der Waals surface area contributed by atoms with Gasteiger partial charge in [-0.15, -0.1) is 11.8 Å². The Hall–Kier alpha value is -1.90. The highest BCUT2D eigenvalue weighted by atomic mass is 32.2. The molecule has 0 heterocycles. The van der Waals surface area contributed by atoms with Crippen LogP contribution in [0.1, 0.15) is 16.7 Å². The molecule has 0 fully saturated rings. The first-order valence-corrected chi connectivity index (χ1v) is 9.22. The summed E-state index contributed by atoms with van der Waals surface area (Å²) in [6.07, 6.45) is 0. The first-order chi connectivity index (χ1) is 10.7. The summed E-state index contributed by atoms with van der Waals surface area (Å²) in [7, 11) is -3.97. The minimum absolute atomic E-state index is 0.258. The molecule has 2 rings (SSSR count). The number of benzene rings is 2. The van der Waals surface area contributed by atoms with E-state index in [0.717, 1.165) is 22.8 Å². The lowest BCUT2D eigenvalue weighted by molar-refractivity contribution is -0.388. The fourth-order valence-corrected chi connectivity index (χ4v) is 3.65. The number of hydrogen-bond acceptors (Lipinski definition) is 5. The molecule has 0 radical (unpaired) electrons. The second kappa shape index (κ2) is 6.69. The molecule has 0 unspecified atom stereocenters. The number of nitro benzene ring substituents is 1. The van der Waals surface area contributed by atoms with Crippen LogP contribution in [0.3, 0.4) is 0 Å². The molecule has 0 amide bonds. The molecule has 0 aliphatic heterocycles. The highest BCUT2D eigenvalue weighted by Crippen LogP contribution is 2.33. The number of nitrogens with zero attached hydrogens (tertiary/aromatic N) is 1. The van der Waals surface area contributed by atoms with Gasteiger partial charge in [-0.25, -0.2) is 13.6 Å². The average Bonchev–Trinajstić information content (AvgIpc) is 2.47. The van der Waals surface area contributed by atoms with Crippen LogP contribution in [0.4, 0.5) is 5.69 Å². The lowest BCUT2D eigenvalue weighted by atomic mass is 10.1. The number of nitrogens with two attached hydrogens (primary N) is 1. The summed E-state index contributed by atoms with van der Waals surface area (Å²) in [5, 5.41) is 16.2. The molecule has 0 spiro atoms. The number of nitro groups is 1. The number of rotatable bonds is 5. The van der Waals surface area contributed by atoms with E-state index in [4.69, 9.17) is 5.14 Å². The van der Waals surface area contributed by atoms with Crippen molar-refractivity contribution in [2.45, 2.75) is 29.4 Å². The van der Waals surface area contributed by atoms with E-state index in [1.54, 1.807) is 0 Å². The highest BCUT2D eigenvalue weighted by Gasteiger charge is 2.19. The summed E-state index contributed by atoms with van der Waals surface area (Å²) in [4.78, 5) is 10.7. The van der Waals surface area contributed by atoms with E-state index < -0.39 is 14.9 Å². The van der Waals surface area contributed by atoms with Gasteiger partial charge in [-0.3, -0.25) is 10.1 Å². The van der Waals surface area contributed by atoms with Crippen LogP contribution >= 0.6 is 11.8 Å². The Morgan fingerprint density at radius 2 is 1.87 bits per heavy atom. The molecular weight excluding hydrogens is 336 g/mol. The second-order valence-corrected chi connectivity index (χ2v) is 7.73. The maximum Gasteiger partial charge on any atom is 0.284 e. The first kappa shape index (κ1) is 17.5. The SMILES string of the molecule is Cc1ccc(C)c(CSc2ccc(S(N)(=O)=O)cc2[N+](=O)[O-])c1. The van der Waals surface area contributed by atoms with E-state index in [1.807, 2.05) is 32.0 Å². The summed E-state index contributed by atoms with van der Waals surface area (Å²) in [5.41, 5.74) is 3.05. The molecule has 0 aliphatic rings. The number of thioether (sulfide) groups is 1. The van der Waals surface area contributed by atoms with Crippen molar-refractivity contribution in [1.29, 1.82) is 0 Å². The highest BCUT2D eigenvalue weighted by molar-refractivity contribution is 7.98. The summed E-state index contributed by atoms with van der Waals surface area (Å²) in [5.74, 6) is 0.559. The zero-order chi connectivity index (χ0) is 17.2. The van der Waals surface area contributed by atoms with Gasteiger partial charge in [-0.2, -0.15) is 0 Å². The Balaban J connectivity index is 2.33. The van der Waals surface area contributed by atoms with Gasteiger partial charge in [0, 0.05) is 11.8 Å². The quantitative estimate of drug-likeness (QED) is 0.506. The Morgan fingerprint density at radius 1 is 1.17 bits per heavy atom. The summed E-state index contributed by atoms with van der Waals surface area (Å²) in [6, 6.07) is 9.76. The molecule has 0 saturated heterocycles. The third kappa shape index (κ3) is 4.31. The van der Waals surface area contributed by atoms with E-state index in [1.165, 1.54) is 23.9 Å². The summed E-state index contributed by atoms with van der Waals surface area (Å²) < 4.78 is 22.7. The molecule has 2 aromatic carbocycles. The molecule has 2 N–H and O–H groups in total. The largest absolute Gasteiger partial charge is 0.284 e. The van der Waals surface area contributed by atoms with Crippen molar-refractivity contribution in [3.63, 3.8) is 0 Å². The van der Waals surface area contributed by atoms with Crippen molar-refractivity contribution in [2.75, 3.05) is 0 Å². The monoisotopic (exact) mass is 352 g/mol. The van der Waals surface area contributed by atoms with E-state index >= 15 is 0 Å². The van der Waals surface area contributed by atoms with Gasteiger partial charge in [0.25, 0.3) is 5.69 Å². The van der Waals surface area contributed by atoms with Crippen LogP contribution in [-0.2, 0) is 15.8 Å². The molecule has 0 saturated carbocycles. The fraction of sp³-hybridized carbons (Fsp3) is 0.200. The van der Waals surface area contributed by atoms with E-state index in [9.17, 15) is 18.5 Å². The van der Waals surface area contributed by atoms with Crippen LogP contribution in [0.2, 0.25) is 0 Å². The van der Waals surface area contributed by atoms with Gasteiger partial charge in [-0.1, -0.05) is 23.8 Å². The predicted molar refractivity (Wildman–Crippen MR) is 89.9 cm³/mol. The molecule has 0 bridgehead atoms. The van der Waals surface area contributed by atoms with E-state index in [2.05, 4.69) is 0 Å². The van der Waals surface area contributed by atoms with Crippen LogP contribution in [0.15, 0.2) is 46.2 Å². The molecule has 23 heavy (non-hydrogen) atoms. The standard InChI is InChI=1S/C15H16N2O4S2/c1-10-3-4-11(2)12(7-10)9-22-15-6-5-13(23(16,20)21)8-14(15)17(18)19/h3-8H,9H2,1-2H3,(H2,16,20,21). The van der Waals surface area contributed by atoms with Gasteiger partial charge < -0.3 is 0 Å². The summed E-state index contributed by atoms with van der Waals surface area (Å²) >= 11 is 1.29. The molecule has 0 aliphatic carbocycles. The third-order valence-electron chi connectivity index (χ3n) is 3.34. The Morgan fingerprint density at radius 3 is 2.48 bits per heavy atom. The van der Waals surface area contributed by atoms with Crippen LogP contribution in [0, 0.1) is 24.0 Å². The van der Waals surface area contributed by atoms with Gasteiger partial charge in [0.1, 0.15) is 0 Å². The lowest BCUT2D eigenvalue weighted by Crippen LogP contribution is -2.12. The minimum atomic E-state index is -3.97. The molecule has 6 nitrogen and oxygen atoms in total. The number of hydrogen-bond donors (Lipinski definition) is 1. The van der Waals surface area contributed by atoms with Gasteiger partial charge >= 0.3 is 0 Å². The van der Waals surface area contributed by atoms with Gasteiger partial charge in [-0.05, 0) is 37.1 Å². The zero-order valence-electron chi connectivity index (χ0n) is 12.6. The van der Waals surface area contributed by atoms with Crippen LogP contribution in [0.5, 0.6) is 0 Å². The molecular formula is C15H16N2O4S2. The molecule has 8 heteroatoms. The van der Waals surface area contributed by atoms with Crippen molar-refractivity contribution in [3.05, 3.63) is 63.2 Å². The maximum atomic E-state index is 11.3. The zero-order valence-corrected chi connectivity index (χ0v) is 14.3. The normalized spacial score (nSPS) is 11.4. The maximum absolute atomic E-state index is 11.3. The third-order valence-corrected chi connectivity index (χ3v) is 5.37. The Labute approximate surface area is 138 Å². The smallest absolute Gasteiger partial charge is 0.258 e. The summed E-state index contributed by atoms with van der Waals surface area (Å²) in [6.45, 7) is 3.96. The van der Waals surface area contributed by atoms with Crippen LogP contribution in [-0.4, -0.2) is 13.3 Å². The molecule has 2 aromatic rings. The van der Waals surface area contributed by atoms with Crippen molar-refractivity contribution < 1.29 is 13.3 Å². The van der Waals surface area contributed by atoms with Crippen LogP contribution < -0.4 is 5.14 Å². The molecule has 0 atom stereocenters. The Bertz CT molecular complexity index is 864. The number of primary sulfonamides is 1. The fourth-order valence-electron chi connectivity index (χ4n) is 2.05. The second-order valence-electron chi connectivity index (χ2n) is 5.15. The number of sulfonamides is 1. The molecule has 122 valence electrons. The van der Waals surface area contributed by atoms with Crippen molar-refractivity contribution >= 4 is 27.5 Å². The van der Waals surface area contributed by atoms with Gasteiger partial charge in [0.15, 0.2) is 0 Å². The number of aryl methyl sites for hydroxylation is 2. The van der Waals surface area contributed by atoms with E-state index in [-0.39, 0.29) is 10.6 Å². The van der Waals surface area contributed by atoms with Crippen LogP contribution in [0.25, 0.3) is 0 Å². The van der Waals surface area contributed by atoms with Gasteiger partial charge in [0.2, 0.25) is 10.0 Å². The Kier molecular flexibility index (Phi) is 5.08. The molecule has 0 aromatic heterocycles. The van der Waals surface area contributed by atoms with E-state index in [0.29, 0.717) is 10.6 Å². The van der Waals surface area contributed by atoms with Crippen molar-refractivity contribution in [1.82, 2.24) is 0 Å². The first-order valence-electron chi connectivity index (χ1n) is 6.68.